The summed E-state index contributed by atoms with van der Waals surface area (Å²) in [7, 11) is 4.98. The molecule has 1 N–H and O–H groups in total. The van der Waals surface area contributed by atoms with Gasteiger partial charge < -0.3 is 10.1 Å². The van der Waals surface area contributed by atoms with E-state index in [4.69, 9.17) is 7.85 Å². The molecule has 0 fully saturated rings. The molecule has 0 bridgehead atoms. The van der Waals surface area contributed by atoms with Crippen molar-refractivity contribution in [2.75, 3.05) is 18.1 Å². The molecule has 128 valence electrons. The molecule has 1 amide bonds. The Bertz CT molecular complexity index is 578. The molecule has 1 aromatic rings. The van der Waals surface area contributed by atoms with Gasteiger partial charge >= 0.3 is 0 Å². The monoisotopic (exact) mass is 363 g/mol. The number of thiol groups is 1. The molecule has 0 saturated carbocycles. The van der Waals surface area contributed by atoms with Crippen LogP contribution < -0.4 is 5.32 Å². The van der Waals surface area contributed by atoms with Gasteiger partial charge in [0.2, 0.25) is 0 Å². The molecule has 24 heavy (non-hydrogen) atoms. The van der Waals surface area contributed by atoms with E-state index in [2.05, 4.69) is 31.8 Å². The minimum absolute atomic E-state index is 0.0323. The molecule has 0 aliphatic carbocycles. The number of hydrogen-bond donors (Lipinski definition) is 2. The largest absolute Gasteiger partial charge is 0.346 e. The summed E-state index contributed by atoms with van der Waals surface area (Å²) in [4.78, 5) is 35.0. The second kappa shape index (κ2) is 10.6. The predicted molar refractivity (Wildman–Crippen MR) is 103 cm³/mol. The number of hydrogen-bond acceptors (Lipinski definition) is 5. The number of thioether (sulfide) groups is 1. The van der Waals surface area contributed by atoms with Crippen molar-refractivity contribution in [2.24, 2.45) is 5.92 Å². The van der Waals surface area contributed by atoms with Crippen LogP contribution in [0.2, 0.25) is 0 Å². The van der Waals surface area contributed by atoms with Gasteiger partial charge in [0.15, 0.2) is 13.6 Å². The second-order valence-corrected chi connectivity index (χ2v) is 7.36. The molecule has 2 unspecified atom stereocenters. The molecule has 0 aromatic heterocycles. The standard InChI is InChI=1S/C17H22BNO3S2/c1-3-11(2)24-10-14(9-23)16(21)12-4-6-13(7-5-12)17(22)19-8-15(18)20/h4-7,11,14,23H,3,8-10H2,1-2H3,(H,19,22). The normalized spacial score (nSPS) is 13.1. The van der Waals surface area contributed by atoms with Gasteiger partial charge in [-0.15, -0.1) is 0 Å². The maximum absolute atomic E-state index is 12.5. The fourth-order valence-corrected chi connectivity index (χ4v) is 3.44. The third-order valence-electron chi connectivity index (χ3n) is 3.60. The Morgan fingerprint density at radius 3 is 2.29 bits per heavy atom. The summed E-state index contributed by atoms with van der Waals surface area (Å²) in [5.74, 6) is 0.707. The predicted octanol–water partition coefficient (Wildman–Crippen LogP) is 2.37. The number of benzene rings is 1. The Morgan fingerprint density at radius 1 is 1.21 bits per heavy atom. The molecular formula is C17H22BNO3S2. The van der Waals surface area contributed by atoms with Crippen LogP contribution in [0.15, 0.2) is 24.3 Å². The fourth-order valence-electron chi connectivity index (χ4n) is 1.90. The average molecular weight is 363 g/mol. The van der Waals surface area contributed by atoms with Crippen LogP contribution >= 0.6 is 24.4 Å². The third-order valence-corrected chi connectivity index (χ3v) is 5.54. The first kappa shape index (κ1) is 20.8. The molecule has 1 rings (SSSR count). The van der Waals surface area contributed by atoms with E-state index >= 15 is 0 Å². The summed E-state index contributed by atoms with van der Waals surface area (Å²) in [5.41, 5.74) is 0.333. The van der Waals surface area contributed by atoms with Gasteiger partial charge in [-0.2, -0.15) is 24.4 Å². The van der Waals surface area contributed by atoms with E-state index in [0.29, 0.717) is 22.1 Å². The topological polar surface area (TPSA) is 63.2 Å². The number of amides is 1. The molecule has 0 saturated heterocycles. The second-order valence-electron chi connectivity index (χ2n) is 5.52. The zero-order chi connectivity index (χ0) is 18.1. The van der Waals surface area contributed by atoms with Crippen molar-refractivity contribution < 1.29 is 14.4 Å². The highest BCUT2D eigenvalue weighted by molar-refractivity contribution is 7.99. The van der Waals surface area contributed by atoms with Crippen molar-refractivity contribution in [1.29, 1.82) is 0 Å². The smallest absolute Gasteiger partial charge is 0.251 e. The summed E-state index contributed by atoms with van der Waals surface area (Å²) in [6, 6.07) is 6.40. The maximum atomic E-state index is 12.5. The van der Waals surface area contributed by atoms with E-state index < -0.39 is 11.6 Å². The van der Waals surface area contributed by atoms with Crippen LogP contribution in [0.1, 0.15) is 41.0 Å². The fraction of sp³-hybridized carbons (Fsp3) is 0.471. The summed E-state index contributed by atoms with van der Waals surface area (Å²) in [6.07, 6.45) is 1.06. The van der Waals surface area contributed by atoms with Crippen molar-refractivity contribution in [3.8, 4) is 0 Å². The lowest BCUT2D eigenvalue weighted by Gasteiger charge is -2.16. The van der Waals surface area contributed by atoms with Crippen molar-refractivity contribution in [1.82, 2.24) is 5.32 Å². The van der Waals surface area contributed by atoms with Crippen LogP contribution in [0.3, 0.4) is 0 Å². The van der Waals surface area contributed by atoms with Crippen LogP contribution in [0.4, 0.5) is 0 Å². The summed E-state index contributed by atoms with van der Waals surface area (Å²) >= 11 is 6.07. The van der Waals surface area contributed by atoms with Crippen LogP contribution in [0.25, 0.3) is 0 Å². The molecular weight excluding hydrogens is 341 g/mol. The number of carbonyl (C=O) groups is 3. The minimum Gasteiger partial charge on any atom is -0.346 e. The van der Waals surface area contributed by atoms with E-state index in [1.807, 2.05) is 0 Å². The van der Waals surface area contributed by atoms with Gasteiger partial charge in [0.05, 0.1) is 12.2 Å². The number of ketones is 1. The Labute approximate surface area is 154 Å². The summed E-state index contributed by atoms with van der Waals surface area (Å²) in [5, 5.41) is 2.92. The highest BCUT2D eigenvalue weighted by atomic mass is 32.2. The average Bonchev–Trinajstić information content (AvgIpc) is 2.59. The van der Waals surface area contributed by atoms with Gasteiger partial charge in [-0.05, 0) is 18.6 Å². The lowest BCUT2D eigenvalue weighted by Crippen LogP contribution is -2.29. The number of nitrogens with one attached hydrogen (secondary N) is 1. The minimum atomic E-state index is -0.606. The molecule has 0 aliphatic rings. The van der Waals surface area contributed by atoms with Crippen LogP contribution in [-0.2, 0) is 4.79 Å². The van der Waals surface area contributed by atoms with Gasteiger partial charge in [0.1, 0.15) is 0 Å². The van der Waals surface area contributed by atoms with E-state index in [1.165, 1.54) is 0 Å². The van der Waals surface area contributed by atoms with Crippen LogP contribution in [0, 0.1) is 5.92 Å². The molecule has 0 spiro atoms. The third kappa shape index (κ3) is 6.73. The summed E-state index contributed by atoms with van der Waals surface area (Å²) < 4.78 is 0. The lowest BCUT2D eigenvalue weighted by molar-refractivity contribution is -0.110. The highest BCUT2D eigenvalue weighted by Crippen LogP contribution is 2.21. The van der Waals surface area contributed by atoms with Gasteiger partial charge in [-0.3, -0.25) is 9.59 Å². The van der Waals surface area contributed by atoms with Crippen molar-refractivity contribution in [3.63, 3.8) is 0 Å². The van der Waals surface area contributed by atoms with E-state index in [-0.39, 0.29) is 18.2 Å². The van der Waals surface area contributed by atoms with Crippen molar-refractivity contribution >= 4 is 49.6 Å². The molecule has 0 heterocycles. The Morgan fingerprint density at radius 2 is 1.79 bits per heavy atom. The number of rotatable bonds is 10. The first-order valence-electron chi connectivity index (χ1n) is 7.82. The molecule has 7 heteroatoms. The number of Topliss-reactive ketones (excluding diaryl/α,β-unsaturated/α-hetero) is 1. The maximum Gasteiger partial charge on any atom is 0.251 e. The van der Waals surface area contributed by atoms with E-state index in [9.17, 15) is 14.4 Å². The van der Waals surface area contributed by atoms with E-state index in [0.717, 1.165) is 12.2 Å². The van der Waals surface area contributed by atoms with Gasteiger partial charge in [-0.1, -0.05) is 26.0 Å². The Kier molecular flexibility index (Phi) is 9.22. The highest BCUT2D eigenvalue weighted by Gasteiger charge is 2.20. The Hall–Kier alpha value is -1.21. The zero-order valence-corrected chi connectivity index (χ0v) is 15.7. The Balaban J connectivity index is 2.70. The van der Waals surface area contributed by atoms with Gasteiger partial charge in [0.25, 0.3) is 5.91 Å². The SMILES string of the molecule is [B]C(=O)CNC(=O)c1ccc(C(=O)C(CS)CSC(C)CC)cc1. The van der Waals surface area contributed by atoms with Gasteiger partial charge in [-0.25, -0.2) is 0 Å². The molecule has 0 aliphatic heterocycles. The van der Waals surface area contributed by atoms with Crippen LogP contribution in [0.5, 0.6) is 0 Å². The van der Waals surface area contributed by atoms with Crippen LogP contribution in [-0.4, -0.2) is 48.5 Å². The molecule has 2 atom stereocenters. The molecule has 4 nitrogen and oxygen atoms in total. The quantitative estimate of drug-likeness (QED) is 0.381. The summed E-state index contributed by atoms with van der Waals surface area (Å²) in [6.45, 7) is 4.05. The van der Waals surface area contributed by atoms with Crippen molar-refractivity contribution in [3.05, 3.63) is 35.4 Å². The number of carbonyl (C=O) groups excluding carboxylic acids is 3. The first-order valence-corrected chi connectivity index (χ1v) is 9.50. The molecule has 2 radical (unpaired) electrons. The molecule has 1 aromatic carbocycles. The van der Waals surface area contributed by atoms with E-state index in [1.54, 1.807) is 36.0 Å². The first-order chi connectivity index (χ1) is 11.4. The van der Waals surface area contributed by atoms with Crippen molar-refractivity contribution in [2.45, 2.75) is 25.5 Å². The van der Waals surface area contributed by atoms with Gasteiger partial charge in [0, 0.05) is 33.8 Å². The zero-order valence-electron chi connectivity index (χ0n) is 14.0. The lowest BCUT2D eigenvalue weighted by atomic mass is 9.99.